The molecule has 0 aliphatic heterocycles. The number of hydrogen-bond donors (Lipinski definition) is 1. The van der Waals surface area contributed by atoms with Crippen LogP contribution in [0.1, 0.15) is 62.2 Å². The third-order valence-electron chi connectivity index (χ3n) is 3.67. The molecule has 0 radical (unpaired) electrons. The van der Waals surface area contributed by atoms with Gasteiger partial charge in [-0.1, -0.05) is 39.0 Å². The van der Waals surface area contributed by atoms with Gasteiger partial charge in [-0.3, -0.25) is 18.7 Å². The SMILES string of the molecule is CCCCCCCCC(=O)c1c(O)n(C)c(=O)n(C)c1=O. The predicted octanol–water partition coefficient (Wildman–Crippen LogP) is 1.72. The number of aromatic nitrogens is 2. The van der Waals surface area contributed by atoms with E-state index in [4.69, 9.17) is 0 Å². The number of unbranched alkanes of at least 4 members (excludes halogenated alkanes) is 5. The fourth-order valence-electron chi connectivity index (χ4n) is 2.27. The summed E-state index contributed by atoms with van der Waals surface area (Å²) in [4.78, 5) is 35.6. The average molecular weight is 296 g/mol. The van der Waals surface area contributed by atoms with Gasteiger partial charge >= 0.3 is 5.69 Å². The van der Waals surface area contributed by atoms with Gasteiger partial charge in [0.15, 0.2) is 5.78 Å². The normalized spacial score (nSPS) is 10.8. The van der Waals surface area contributed by atoms with Crippen LogP contribution in [0.5, 0.6) is 5.88 Å². The molecule has 1 heterocycles. The molecule has 0 fully saturated rings. The first-order valence-corrected chi connectivity index (χ1v) is 7.44. The van der Waals surface area contributed by atoms with Gasteiger partial charge in [-0.2, -0.15) is 0 Å². The van der Waals surface area contributed by atoms with E-state index in [1.807, 2.05) is 0 Å². The molecular weight excluding hydrogens is 272 g/mol. The van der Waals surface area contributed by atoms with Gasteiger partial charge in [-0.25, -0.2) is 4.79 Å². The first kappa shape index (κ1) is 17.2. The van der Waals surface area contributed by atoms with Crippen molar-refractivity contribution in [2.75, 3.05) is 0 Å². The van der Waals surface area contributed by atoms with Gasteiger partial charge in [-0.15, -0.1) is 0 Å². The molecule has 1 aromatic heterocycles. The van der Waals surface area contributed by atoms with E-state index in [1.54, 1.807) is 0 Å². The molecule has 118 valence electrons. The molecule has 1 rings (SSSR count). The fraction of sp³-hybridized carbons (Fsp3) is 0.667. The van der Waals surface area contributed by atoms with E-state index in [-0.39, 0.29) is 12.0 Å². The zero-order valence-corrected chi connectivity index (χ0v) is 13.0. The summed E-state index contributed by atoms with van der Waals surface area (Å²) in [7, 11) is 2.63. The Hall–Kier alpha value is -1.85. The second kappa shape index (κ2) is 7.81. The van der Waals surface area contributed by atoms with Gasteiger partial charge in [0.25, 0.3) is 5.56 Å². The van der Waals surface area contributed by atoms with Crippen molar-refractivity contribution in [3.05, 3.63) is 26.4 Å². The molecule has 0 bridgehead atoms. The number of carbonyl (C=O) groups is 1. The van der Waals surface area contributed by atoms with Gasteiger partial charge in [0.1, 0.15) is 5.56 Å². The van der Waals surface area contributed by atoms with Gasteiger partial charge in [0.2, 0.25) is 5.88 Å². The van der Waals surface area contributed by atoms with E-state index in [0.717, 1.165) is 28.4 Å². The Labute approximate surface area is 124 Å². The molecule has 1 N–H and O–H groups in total. The van der Waals surface area contributed by atoms with E-state index >= 15 is 0 Å². The fourth-order valence-corrected chi connectivity index (χ4v) is 2.27. The Kier molecular flexibility index (Phi) is 6.39. The molecule has 0 saturated carbocycles. The lowest BCUT2D eigenvalue weighted by Crippen LogP contribution is -2.39. The molecule has 6 heteroatoms. The van der Waals surface area contributed by atoms with E-state index in [1.165, 1.54) is 26.9 Å². The minimum absolute atomic E-state index is 0.215. The zero-order chi connectivity index (χ0) is 16.0. The molecule has 0 unspecified atom stereocenters. The number of Topliss-reactive ketones (excluding diaryl/α,β-unsaturated/α-hetero) is 1. The highest BCUT2D eigenvalue weighted by atomic mass is 16.3. The maximum Gasteiger partial charge on any atom is 0.333 e. The topological polar surface area (TPSA) is 81.3 Å². The third-order valence-corrected chi connectivity index (χ3v) is 3.67. The average Bonchev–Trinajstić information content (AvgIpc) is 2.47. The van der Waals surface area contributed by atoms with Crippen LogP contribution in [-0.2, 0) is 14.1 Å². The quantitative estimate of drug-likeness (QED) is 0.585. The first-order valence-electron chi connectivity index (χ1n) is 7.44. The number of aromatic hydroxyl groups is 1. The summed E-state index contributed by atoms with van der Waals surface area (Å²) in [5.41, 5.74) is -1.66. The number of ketones is 1. The summed E-state index contributed by atoms with van der Waals surface area (Å²) in [5.74, 6) is -0.946. The molecule has 1 aromatic rings. The molecule has 0 aliphatic carbocycles. The highest BCUT2D eigenvalue weighted by Crippen LogP contribution is 2.14. The van der Waals surface area contributed by atoms with Crippen LogP contribution < -0.4 is 11.2 Å². The monoisotopic (exact) mass is 296 g/mol. The van der Waals surface area contributed by atoms with E-state index < -0.39 is 22.9 Å². The van der Waals surface area contributed by atoms with Crippen molar-refractivity contribution in [1.82, 2.24) is 9.13 Å². The standard InChI is InChI=1S/C15H24N2O4/c1-4-5-6-7-8-9-10-11(18)12-13(19)16(2)15(21)17(3)14(12)20/h19H,4-10H2,1-3H3. The van der Waals surface area contributed by atoms with Gasteiger partial charge in [0.05, 0.1) is 0 Å². The second-order valence-electron chi connectivity index (χ2n) is 5.35. The summed E-state index contributed by atoms with van der Waals surface area (Å²) >= 11 is 0. The predicted molar refractivity (Wildman–Crippen MR) is 80.9 cm³/mol. The minimum Gasteiger partial charge on any atom is -0.494 e. The van der Waals surface area contributed by atoms with Gasteiger partial charge in [-0.05, 0) is 6.42 Å². The Balaban J connectivity index is 2.76. The number of rotatable bonds is 8. The molecule has 0 aliphatic rings. The second-order valence-corrected chi connectivity index (χ2v) is 5.35. The zero-order valence-electron chi connectivity index (χ0n) is 13.0. The van der Waals surface area contributed by atoms with Crippen LogP contribution in [0, 0.1) is 0 Å². The lowest BCUT2D eigenvalue weighted by atomic mass is 10.0. The molecule has 0 amide bonds. The van der Waals surface area contributed by atoms with E-state index in [2.05, 4.69) is 6.92 Å². The van der Waals surface area contributed by atoms with Crippen molar-refractivity contribution in [3.63, 3.8) is 0 Å². The maximum atomic E-state index is 12.1. The highest BCUT2D eigenvalue weighted by molar-refractivity contribution is 5.97. The summed E-state index contributed by atoms with van der Waals surface area (Å²) in [6, 6.07) is 0. The maximum absolute atomic E-state index is 12.1. The van der Waals surface area contributed by atoms with Crippen LogP contribution in [0.25, 0.3) is 0 Å². The Morgan fingerprint density at radius 1 is 1.00 bits per heavy atom. The Bertz CT molecular complexity index is 613. The molecule has 21 heavy (non-hydrogen) atoms. The largest absolute Gasteiger partial charge is 0.494 e. The first-order chi connectivity index (χ1) is 9.91. The number of hydrogen-bond acceptors (Lipinski definition) is 4. The van der Waals surface area contributed by atoms with Crippen LogP contribution in [-0.4, -0.2) is 20.0 Å². The van der Waals surface area contributed by atoms with Crippen molar-refractivity contribution in [2.24, 2.45) is 14.1 Å². The van der Waals surface area contributed by atoms with Crippen molar-refractivity contribution >= 4 is 5.78 Å². The third kappa shape index (κ3) is 4.06. The molecule has 0 spiro atoms. The molecule has 6 nitrogen and oxygen atoms in total. The Morgan fingerprint density at radius 2 is 1.57 bits per heavy atom. The molecular formula is C15H24N2O4. The smallest absolute Gasteiger partial charge is 0.333 e. The lowest BCUT2D eigenvalue weighted by Gasteiger charge is -2.09. The van der Waals surface area contributed by atoms with E-state index in [9.17, 15) is 19.5 Å². The summed E-state index contributed by atoms with van der Waals surface area (Å²) in [5, 5.41) is 9.86. The van der Waals surface area contributed by atoms with Crippen molar-refractivity contribution in [2.45, 2.75) is 51.9 Å². The highest BCUT2D eigenvalue weighted by Gasteiger charge is 2.20. The van der Waals surface area contributed by atoms with Gasteiger partial charge < -0.3 is 5.11 Å². The summed E-state index contributed by atoms with van der Waals surface area (Å²) in [6.07, 6.45) is 6.41. The van der Waals surface area contributed by atoms with Crippen molar-refractivity contribution in [3.8, 4) is 5.88 Å². The van der Waals surface area contributed by atoms with Crippen LogP contribution in [0.3, 0.4) is 0 Å². The Morgan fingerprint density at radius 3 is 2.19 bits per heavy atom. The minimum atomic E-state index is -0.730. The molecule has 0 atom stereocenters. The van der Waals surface area contributed by atoms with Crippen molar-refractivity contribution < 1.29 is 9.90 Å². The van der Waals surface area contributed by atoms with Gasteiger partial charge in [0, 0.05) is 20.5 Å². The van der Waals surface area contributed by atoms with E-state index in [0.29, 0.717) is 6.42 Å². The van der Waals surface area contributed by atoms with Crippen LogP contribution in [0.15, 0.2) is 9.59 Å². The summed E-state index contributed by atoms with van der Waals surface area (Å²) < 4.78 is 1.75. The number of nitrogens with zero attached hydrogens (tertiary/aromatic N) is 2. The summed E-state index contributed by atoms with van der Waals surface area (Å²) in [6.45, 7) is 2.14. The number of carbonyl (C=O) groups excluding carboxylic acids is 1. The molecule has 0 saturated heterocycles. The molecule has 0 aromatic carbocycles. The lowest BCUT2D eigenvalue weighted by molar-refractivity contribution is 0.0972. The van der Waals surface area contributed by atoms with Crippen LogP contribution in [0.4, 0.5) is 0 Å². The van der Waals surface area contributed by atoms with Crippen LogP contribution in [0.2, 0.25) is 0 Å². The van der Waals surface area contributed by atoms with Crippen molar-refractivity contribution in [1.29, 1.82) is 0 Å². The van der Waals surface area contributed by atoms with Crippen LogP contribution >= 0.6 is 0 Å².